The molecule has 0 spiro atoms. The molecule has 6 nitrogen and oxygen atoms in total. The van der Waals surface area contributed by atoms with Crippen molar-refractivity contribution in [2.75, 3.05) is 6.61 Å². The highest BCUT2D eigenvalue weighted by atomic mass is 16.5. The number of esters is 1. The fourth-order valence-corrected chi connectivity index (χ4v) is 4.50. The van der Waals surface area contributed by atoms with E-state index < -0.39 is 11.9 Å². The largest absolute Gasteiger partial charge is 0.456 e. The van der Waals surface area contributed by atoms with E-state index in [4.69, 9.17) is 4.74 Å². The van der Waals surface area contributed by atoms with Crippen molar-refractivity contribution in [1.82, 2.24) is 10.6 Å². The van der Waals surface area contributed by atoms with Crippen molar-refractivity contribution in [2.24, 2.45) is 17.8 Å². The van der Waals surface area contributed by atoms with Gasteiger partial charge in [-0.2, -0.15) is 0 Å². The Hall–Kier alpha value is -1.59. The molecule has 3 rings (SSSR count). The Morgan fingerprint density at radius 2 is 1.78 bits per heavy atom. The molecule has 3 atom stereocenters. The third-order valence-corrected chi connectivity index (χ3v) is 5.62. The highest BCUT2D eigenvalue weighted by Crippen LogP contribution is 2.49. The monoisotopic (exact) mass is 322 g/mol. The van der Waals surface area contributed by atoms with Crippen LogP contribution >= 0.6 is 0 Å². The van der Waals surface area contributed by atoms with Gasteiger partial charge in [0.1, 0.15) is 0 Å². The van der Waals surface area contributed by atoms with Crippen LogP contribution < -0.4 is 10.6 Å². The van der Waals surface area contributed by atoms with Gasteiger partial charge < -0.3 is 10.1 Å². The molecule has 0 aromatic rings. The maximum Gasteiger partial charge on any atom is 0.321 e. The third-order valence-electron chi connectivity index (χ3n) is 5.62. The highest BCUT2D eigenvalue weighted by Gasteiger charge is 2.40. The normalized spacial score (nSPS) is 29.5. The van der Waals surface area contributed by atoms with E-state index in [1.807, 2.05) is 0 Å². The zero-order valence-electron chi connectivity index (χ0n) is 13.5. The van der Waals surface area contributed by atoms with Crippen LogP contribution in [0.3, 0.4) is 0 Å². The SMILES string of the molecule is O=C(COC(=O)C[C@@H]1C[C@@H]2CC[C@H]1C2)NC(=O)NC1CCCC1. The minimum atomic E-state index is -0.568. The summed E-state index contributed by atoms with van der Waals surface area (Å²) in [6, 6.07) is -0.339. The molecule has 6 heteroatoms. The fourth-order valence-electron chi connectivity index (χ4n) is 4.50. The first-order chi connectivity index (χ1) is 11.1. The quantitative estimate of drug-likeness (QED) is 0.759. The van der Waals surface area contributed by atoms with E-state index in [0.29, 0.717) is 18.3 Å². The molecule has 0 aliphatic heterocycles. The van der Waals surface area contributed by atoms with Gasteiger partial charge in [0.25, 0.3) is 5.91 Å². The van der Waals surface area contributed by atoms with Crippen LogP contribution in [-0.2, 0) is 14.3 Å². The van der Waals surface area contributed by atoms with Gasteiger partial charge >= 0.3 is 12.0 Å². The maximum absolute atomic E-state index is 11.8. The molecule has 2 N–H and O–H groups in total. The molecule has 0 radical (unpaired) electrons. The summed E-state index contributed by atoms with van der Waals surface area (Å²) in [5.74, 6) is 0.990. The lowest BCUT2D eigenvalue weighted by Crippen LogP contribution is -2.45. The third kappa shape index (κ3) is 4.45. The van der Waals surface area contributed by atoms with E-state index in [9.17, 15) is 14.4 Å². The second-order valence-electron chi connectivity index (χ2n) is 7.30. The minimum absolute atomic E-state index is 0.156. The van der Waals surface area contributed by atoms with E-state index in [-0.39, 0.29) is 18.6 Å². The molecular formula is C17H26N2O4. The number of hydrogen-bond donors (Lipinski definition) is 2. The Morgan fingerprint density at radius 1 is 1.00 bits per heavy atom. The topological polar surface area (TPSA) is 84.5 Å². The zero-order chi connectivity index (χ0) is 16.2. The van der Waals surface area contributed by atoms with E-state index in [1.165, 1.54) is 19.3 Å². The number of carbonyl (C=O) groups is 3. The van der Waals surface area contributed by atoms with Gasteiger partial charge in [-0.1, -0.05) is 19.3 Å². The van der Waals surface area contributed by atoms with Crippen molar-refractivity contribution in [2.45, 2.75) is 63.8 Å². The van der Waals surface area contributed by atoms with Crippen molar-refractivity contribution in [1.29, 1.82) is 0 Å². The Kier molecular flexibility index (Phi) is 5.18. The van der Waals surface area contributed by atoms with Gasteiger partial charge in [-0.3, -0.25) is 14.9 Å². The van der Waals surface area contributed by atoms with Crippen LogP contribution in [0.2, 0.25) is 0 Å². The molecule has 3 aliphatic carbocycles. The Morgan fingerprint density at radius 3 is 2.43 bits per heavy atom. The molecule has 3 aliphatic rings. The maximum atomic E-state index is 11.8. The second-order valence-corrected chi connectivity index (χ2v) is 7.30. The lowest BCUT2D eigenvalue weighted by atomic mass is 9.86. The molecule has 0 unspecified atom stereocenters. The van der Waals surface area contributed by atoms with Crippen molar-refractivity contribution >= 4 is 17.9 Å². The summed E-state index contributed by atoms with van der Waals surface area (Å²) in [6.45, 7) is -0.377. The second kappa shape index (κ2) is 7.32. The van der Waals surface area contributed by atoms with Crippen molar-refractivity contribution in [3.05, 3.63) is 0 Å². The minimum Gasteiger partial charge on any atom is -0.456 e. The van der Waals surface area contributed by atoms with Crippen LogP contribution in [0.4, 0.5) is 4.79 Å². The molecule has 128 valence electrons. The van der Waals surface area contributed by atoms with E-state index >= 15 is 0 Å². The van der Waals surface area contributed by atoms with Crippen molar-refractivity contribution in [3.63, 3.8) is 0 Å². The van der Waals surface area contributed by atoms with Gasteiger partial charge in [-0.05, 0) is 49.9 Å². The summed E-state index contributed by atoms with van der Waals surface area (Å²) in [4.78, 5) is 35.1. The summed E-state index contributed by atoms with van der Waals surface area (Å²) in [6.07, 6.45) is 9.44. The molecule has 23 heavy (non-hydrogen) atoms. The molecule has 0 aromatic carbocycles. The molecule has 3 amide bonds. The van der Waals surface area contributed by atoms with Crippen molar-refractivity contribution in [3.8, 4) is 0 Å². The van der Waals surface area contributed by atoms with Crippen LogP contribution in [0.15, 0.2) is 0 Å². The summed E-state index contributed by atoms with van der Waals surface area (Å²) < 4.78 is 5.01. The molecule has 3 fully saturated rings. The smallest absolute Gasteiger partial charge is 0.321 e. The number of fused-ring (bicyclic) bond motifs is 2. The number of amides is 3. The van der Waals surface area contributed by atoms with Gasteiger partial charge in [0, 0.05) is 12.5 Å². The summed E-state index contributed by atoms with van der Waals surface area (Å²) >= 11 is 0. The Balaban J connectivity index is 1.30. The van der Waals surface area contributed by atoms with Crippen molar-refractivity contribution < 1.29 is 19.1 Å². The lowest BCUT2D eigenvalue weighted by molar-refractivity contribution is -0.149. The summed E-state index contributed by atoms with van der Waals surface area (Å²) in [5, 5.41) is 4.98. The van der Waals surface area contributed by atoms with Crippen LogP contribution in [-0.4, -0.2) is 30.6 Å². The van der Waals surface area contributed by atoms with Gasteiger partial charge in [0.15, 0.2) is 6.61 Å². The fraction of sp³-hybridized carbons (Fsp3) is 0.824. The lowest BCUT2D eigenvalue weighted by Gasteiger charge is -2.20. The van der Waals surface area contributed by atoms with Gasteiger partial charge in [0.05, 0.1) is 0 Å². The number of nitrogens with one attached hydrogen (secondary N) is 2. The molecule has 0 saturated heterocycles. The standard InChI is InChI=1S/C17H26N2O4/c20-15(19-17(22)18-14-3-1-2-4-14)10-23-16(21)9-13-8-11-5-6-12(13)7-11/h11-14H,1-10H2,(H2,18,19,20,22)/t11-,12+,13+/m1/s1. The van der Waals surface area contributed by atoms with E-state index in [0.717, 1.165) is 38.0 Å². The number of hydrogen-bond acceptors (Lipinski definition) is 4. The van der Waals surface area contributed by atoms with E-state index in [2.05, 4.69) is 10.6 Å². The summed E-state index contributed by atoms with van der Waals surface area (Å²) in [7, 11) is 0. The Bertz CT molecular complexity index is 473. The molecule has 3 saturated carbocycles. The number of imide groups is 1. The zero-order valence-corrected chi connectivity index (χ0v) is 13.5. The van der Waals surface area contributed by atoms with Gasteiger partial charge in [-0.15, -0.1) is 0 Å². The average molecular weight is 322 g/mol. The first-order valence-corrected chi connectivity index (χ1v) is 8.86. The number of carbonyl (C=O) groups excluding carboxylic acids is 3. The molecule has 2 bridgehead atoms. The van der Waals surface area contributed by atoms with Crippen LogP contribution in [0.5, 0.6) is 0 Å². The summed E-state index contributed by atoms with van der Waals surface area (Å²) in [5.41, 5.74) is 0. The van der Waals surface area contributed by atoms with Crippen LogP contribution in [0.1, 0.15) is 57.8 Å². The van der Waals surface area contributed by atoms with E-state index in [1.54, 1.807) is 0 Å². The average Bonchev–Trinajstić information content (AvgIpc) is 3.22. The highest BCUT2D eigenvalue weighted by molar-refractivity contribution is 5.95. The van der Waals surface area contributed by atoms with Crippen LogP contribution in [0, 0.1) is 17.8 Å². The number of urea groups is 1. The first kappa shape index (κ1) is 16.3. The van der Waals surface area contributed by atoms with Crippen LogP contribution in [0.25, 0.3) is 0 Å². The number of ether oxygens (including phenoxy) is 1. The Labute approximate surface area is 136 Å². The molecule has 0 heterocycles. The number of rotatable bonds is 5. The predicted molar refractivity (Wildman–Crippen MR) is 83.4 cm³/mol. The predicted octanol–water partition coefficient (Wildman–Crippen LogP) is 2.12. The van der Waals surface area contributed by atoms with Gasteiger partial charge in [0.2, 0.25) is 0 Å². The van der Waals surface area contributed by atoms with Gasteiger partial charge in [-0.25, -0.2) is 4.79 Å². The first-order valence-electron chi connectivity index (χ1n) is 8.86. The molecular weight excluding hydrogens is 296 g/mol. The molecule has 0 aromatic heterocycles.